The molecule has 0 saturated heterocycles. The lowest BCUT2D eigenvalue weighted by Gasteiger charge is -2.16. The van der Waals surface area contributed by atoms with Crippen LogP contribution in [0, 0.1) is 5.92 Å². The molecule has 19 heavy (non-hydrogen) atoms. The molecule has 0 saturated carbocycles. The first-order valence-corrected chi connectivity index (χ1v) is 7.99. The van der Waals surface area contributed by atoms with Crippen LogP contribution in [0.1, 0.15) is 77.6 Å². The van der Waals surface area contributed by atoms with Gasteiger partial charge >= 0.3 is 0 Å². The second-order valence-corrected chi connectivity index (χ2v) is 5.40. The van der Waals surface area contributed by atoms with E-state index in [1.807, 2.05) is 0 Å². The third-order valence-corrected chi connectivity index (χ3v) is 3.68. The number of isocyanates is 1. The summed E-state index contributed by atoms with van der Waals surface area (Å²) in [5.41, 5.74) is 0. The molecule has 0 radical (unpaired) electrons. The van der Waals surface area contributed by atoms with Gasteiger partial charge in [0.05, 0.1) is 6.54 Å². The van der Waals surface area contributed by atoms with E-state index in [0.717, 1.165) is 31.6 Å². The number of aliphatic hydroxyl groups is 1. The van der Waals surface area contributed by atoms with Crippen molar-refractivity contribution in [2.24, 2.45) is 10.9 Å². The molecule has 0 aromatic carbocycles. The molecule has 0 rings (SSSR count). The van der Waals surface area contributed by atoms with E-state index in [2.05, 4.69) is 11.9 Å². The van der Waals surface area contributed by atoms with Crippen LogP contribution in [0.4, 0.5) is 0 Å². The number of nitrogens with zero attached hydrogens (tertiary/aromatic N) is 1. The van der Waals surface area contributed by atoms with Gasteiger partial charge in [0.15, 0.2) is 0 Å². The number of hydrogen-bond donors (Lipinski definition) is 1. The van der Waals surface area contributed by atoms with Crippen LogP contribution in [-0.4, -0.2) is 24.3 Å². The van der Waals surface area contributed by atoms with Gasteiger partial charge in [-0.2, -0.15) is 0 Å². The number of aliphatic hydroxyl groups excluding tert-OH is 1. The van der Waals surface area contributed by atoms with E-state index >= 15 is 0 Å². The minimum Gasteiger partial charge on any atom is -0.396 e. The fourth-order valence-corrected chi connectivity index (χ4v) is 2.52. The molecule has 0 spiro atoms. The molecule has 3 nitrogen and oxygen atoms in total. The van der Waals surface area contributed by atoms with Crippen molar-refractivity contribution in [2.75, 3.05) is 13.2 Å². The van der Waals surface area contributed by atoms with Gasteiger partial charge in [-0.3, -0.25) is 0 Å². The first kappa shape index (κ1) is 18.3. The molecule has 3 heteroatoms. The maximum absolute atomic E-state index is 9.92. The molecular weight excluding hydrogens is 238 g/mol. The highest BCUT2D eigenvalue weighted by molar-refractivity contribution is 5.32. The highest BCUT2D eigenvalue weighted by Crippen LogP contribution is 2.22. The fraction of sp³-hybridized carbons (Fsp3) is 0.938. The van der Waals surface area contributed by atoms with E-state index in [1.54, 1.807) is 6.08 Å². The first-order chi connectivity index (χ1) is 9.35. The van der Waals surface area contributed by atoms with E-state index in [1.165, 1.54) is 44.9 Å². The van der Waals surface area contributed by atoms with Crippen molar-refractivity contribution >= 4 is 6.08 Å². The predicted molar refractivity (Wildman–Crippen MR) is 80.0 cm³/mol. The summed E-state index contributed by atoms with van der Waals surface area (Å²) >= 11 is 0. The Bertz CT molecular complexity index is 225. The molecule has 0 fully saturated rings. The van der Waals surface area contributed by atoms with Crippen LogP contribution in [0.15, 0.2) is 4.99 Å². The van der Waals surface area contributed by atoms with E-state index in [9.17, 15) is 4.79 Å². The minimum absolute atomic E-state index is 0.319. The van der Waals surface area contributed by atoms with Crippen LogP contribution < -0.4 is 0 Å². The number of hydrogen-bond acceptors (Lipinski definition) is 3. The molecule has 1 N–H and O–H groups in total. The van der Waals surface area contributed by atoms with Crippen LogP contribution in [0.25, 0.3) is 0 Å². The molecule has 1 unspecified atom stereocenters. The molecule has 0 bridgehead atoms. The molecule has 0 aromatic rings. The number of carbonyl (C=O) groups excluding carboxylic acids is 1. The Kier molecular flexibility index (Phi) is 14.9. The summed E-state index contributed by atoms with van der Waals surface area (Å²) in [6.07, 6.45) is 14.9. The van der Waals surface area contributed by atoms with Crippen molar-refractivity contribution in [2.45, 2.75) is 77.6 Å². The summed E-state index contributed by atoms with van der Waals surface area (Å²) in [7, 11) is 0. The molecule has 0 heterocycles. The van der Waals surface area contributed by atoms with Crippen LogP contribution in [0.2, 0.25) is 0 Å². The lowest BCUT2D eigenvalue weighted by molar-refractivity contribution is 0.262. The van der Waals surface area contributed by atoms with Crippen molar-refractivity contribution in [3.8, 4) is 0 Å². The molecular formula is C16H31NO2. The Balaban J connectivity index is 3.63. The topological polar surface area (TPSA) is 49.7 Å². The fourth-order valence-electron chi connectivity index (χ4n) is 2.52. The first-order valence-electron chi connectivity index (χ1n) is 7.99. The normalized spacial score (nSPS) is 12.1. The van der Waals surface area contributed by atoms with Gasteiger partial charge in [0.25, 0.3) is 0 Å². The zero-order chi connectivity index (χ0) is 14.2. The molecule has 0 aliphatic rings. The zero-order valence-electron chi connectivity index (χ0n) is 12.6. The average Bonchev–Trinajstić information content (AvgIpc) is 2.43. The van der Waals surface area contributed by atoms with Gasteiger partial charge in [-0.15, -0.1) is 0 Å². The quantitative estimate of drug-likeness (QED) is 0.291. The van der Waals surface area contributed by atoms with E-state index < -0.39 is 0 Å². The average molecular weight is 269 g/mol. The maximum atomic E-state index is 9.92. The third kappa shape index (κ3) is 13.6. The van der Waals surface area contributed by atoms with Gasteiger partial charge in [-0.1, -0.05) is 58.3 Å². The zero-order valence-corrected chi connectivity index (χ0v) is 12.6. The Morgan fingerprint density at radius 2 is 1.58 bits per heavy atom. The number of rotatable bonds is 14. The Morgan fingerprint density at radius 1 is 0.947 bits per heavy atom. The molecule has 0 aromatic heterocycles. The van der Waals surface area contributed by atoms with Crippen molar-refractivity contribution in [3.63, 3.8) is 0 Å². The Morgan fingerprint density at radius 3 is 2.16 bits per heavy atom. The van der Waals surface area contributed by atoms with E-state index in [0.29, 0.717) is 13.2 Å². The van der Waals surface area contributed by atoms with Gasteiger partial charge in [-0.05, 0) is 25.2 Å². The van der Waals surface area contributed by atoms with Crippen molar-refractivity contribution in [1.29, 1.82) is 0 Å². The largest absolute Gasteiger partial charge is 0.396 e. The lowest BCUT2D eigenvalue weighted by atomic mass is 9.91. The standard InChI is InChI=1S/C16H31NO2/c1-2-3-4-6-10-16(12-9-14-18)11-7-5-8-13-17-15-19/h16,18H,2-14H2,1H3. The van der Waals surface area contributed by atoms with Crippen molar-refractivity contribution in [1.82, 2.24) is 0 Å². The van der Waals surface area contributed by atoms with Gasteiger partial charge in [0.2, 0.25) is 6.08 Å². The number of aliphatic imine (C=N–C) groups is 1. The van der Waals surface area contributed by atoms with Gasteiger partial charge in [-0.25, -0.2) is 9.79 Å². The second kappa shape index (κ2) is 15.4. The number of unbranched alkanes of at least 4 members (excludes halogenated alkanes) is 5. The summed E-state index contributed by atoms with van der Waals surface area (Å²) in [5.74, 6) is 0.776. The molecule has 112 valence electrons. The molecule has 1 atom stereocenters. The molecule has 0 aliphatic heterocycles. The summed E-state index contributed by atoms with van der Waals surface area (Å²) in [4.78, 5) is 13.5. The predicted octanol–water partition coefficient (Wildman–Crippen LogP) is 4.24. The summed E-state index contributed by atoms with van der Waals surface area (Å²) < 4.78 is 0. The highest BCUT2D eigenvalue weighted by atomic mass is 16.2. The molecule has 0 amide bonds. The highest BCUT2D eigenvalue weighted by Gasteiger charge is 2.08. The summed E-state index contributed by atoms with van der Waals surface area (Å²) in [6.45, 7) is 3.19. The monoisotopic (exact) mass is 269 g/mol. The van der Waals surface area contributed by atoms with Crippen LogP contribution in [0.3, 0.4) is 0 Å². The SMILES string of the molecule is CCCCCCC(CCCO)CCCCCN=C=O. The Hall–Kier alpha value is -0.660. The van der Waals surface area contributed by atoms with Gasteiger partial charge in [0.1, 0.15) is 0 Å². The molecule has 0 aliphatic carbocycles. The summed E-state index contributed by atoms with van der Waals surface area (Å²) in [6, 6.07) is 0. The van der Waals surface area contributed by atoms with E-state index in [-0.39, 0.29) is 0 Å². The van der Waals surface area contributed by atoms with E-state index in [4.69, 9.17) is 5.11 Å². The third-order valence-electron chi connectivity index (χ3n) is 3.68. The van der Waals surface area contributed by atoms with Gasteiger partial charge < -0.3 is 5.11 Å². The summed E-state index contributed by atoms with van der Waals surface area (Å²) in [5, 5.41) is 8.94. The van der Waals surface area contributed by atoms with Crippen molar-refractivity contribution < 1.29 is 9.90 Å². The van der Waals surface area contributed by atoms with Crippen LogP contribution in [-0.2, 0) is 4.79 Å². The second-order valence-electron chi connectivity index (χ2n) is 5.40. The lowest BCUT2D eigenvalue weighted by Crippen LogP contribution is -2.02. The van der Waals surface area contributed by atoms with Crippen LogP contribution in [0.5, 0.6) is 0 Å². The smallest absolute Gasteiger partial charge is 0.234 e. The van der Waals surface area contributed by atoms with Gasteiger partial charge in [0, 0.05) is 6.61 Å². The Labute approximate surface area is 118 Å². The maximum Gasteiger partial charge on any atom is 0.234 e. The van der Waals surface area contributed by atoms with Crippen LogP contribution >= 0.6 is 0 Å². The minimum atomic E-state index is 0.319. The van der Waals surface area contributed by atoms with Crippen molar-refractivity contribution in [3.05, 3.63) is 0 Å².